The molecule has 0 saturated carbocycles. The molecule has 22 heavy (non-hydrogen) atoms. The first-order chi connectivity index (χ1) is 10.6. The molecule has 0 aromatic heterocycles. The molecule has 1 heterocycles. The number of carboxylic acids is 1. The average Bonchev–Trinajstić information content (AvgIpc) is 2.95. The zero-order valence-electron chi connectivity index (χ0n) is 12.8. The van der Waals surface area contributed by atoms with Gasteiger partial charge in [0.2, 0.25) is 0 Å². The van der Waals surface area contributed by atoms with Crippen LogP contribution in [0.4, 0.5) is 0 Å². The molecular weight excluding hydrogens is 302 g/mol. The summed E-state index contributed by atoms with van der Waals surface area (Å²) in [5.74, 6) is -0.832. The Hall–Kier alpha value is -1.10. The van der Waals surface area contributed by atoms with Gasteiger partial charge in [-0.1, -0.05) is 23.7 Å². The van der Waals surface area contributed by atoms with Crippen molar-refractivity contribution >= 4 is 17.6 Å². The molecule has 2 unspecified atom stereocenters. The first-order valence-corrected chi connectivity index (χ1v) is 8.36. The van der Waals surface area contributed by atoms with Gasteiger partial charge in [-0.3, -0.25) is 0 Å². The molecule has 2 rings (SSSR count). The Kier molecular flexibility index (Phi) is 7.16. The molecule has 1 fully saturated rings. The van der Waals surface area contributed by atoms with E-state index >= 15 is 0 Å². The monoisotopic (exact) mass is 325 g/mol. The van der Waals surface area contributed by atoms with Crippen molar-refractivity contribution in [1.29, 1.82) is 0 Å². The van der Waals surface area contributed by atoms with Gasteiger partial charge in [0.1, 0.15) is 0 Å². The lowest BCUT2D eigenvalue weighted by Gasteiger charge is -2.11. The van der Waals surface area contributed by atoms with Crippen LogP contribution in [0, 0.1) is 0 Å². The van der Waals surface area contributed by atoms with Crippen LogP contribution in [-0.2, 0) is 16.0 Å². The number of ether oxygens (including phenoxy) is 1. The third kappa shape index (κ3) is 5.95. The molecule has 0 amide bonds. The molecule has 0 radical (unpaired) electrons. The second-order valence-corrected chi connectivity index (χ2v) is 6.22. The van der Waals surface area contributed by atoms with Gasteiger partial charge in [-0.05, 0) is 69.3 Å². The van der Waals surface area contributed by atoms with Gasteiger partial charge in [-0.25, -0.2) is 4.79 Å². The van der Waals surface area contributed by atoms with Crippen molar-refractivity contribution < 1.29 is 14.6 Å². The Morgan fingerprint density at radius 1 is 1.32 bits per heavy atom. The maximum Gasteiger partial charge on any atom is 0.332 e. The van der Waals surface area contributed by atoms with Crippen molar-refractivity contribution in [3.05, 3.63) is 34.9 Å². The Balaban J connectivity index is 1.47. The van der Waals surface area contributed by atoms with E-state index in [0.717, 1.165) is 50.2 Å². The van der Waals surface area contributed by atoms with Gasteiger partial charge >= 0.3 is 5.97 Å². The number of rotatable bonds is 9. The second kappa shape index (κ2) is 9.13. The summed E-state index contributed by atoms with van der Waals surface area (Å²) in [5.41, 5.74) is 1.27. The summed E-state index contributed by atoms with van der Waals surface area (Å²) < 4.78 is 5.48. The Morgan fingerprint density at radius 3 is 2.86 bits per heavy atom. The van der Waals surface area contributed by atoms with Crippen LogP contribution >= 0.6 is 11.6 Å². The van der Waals surface area contributed by atoms with E-state index in [-0.39, 0.29) is 6.10 Å². The first-order valence-electron chi connectivity index (χ1n) is 7.98. The van der Waals surface area contributed by atoms with Crippen LogP contribution < -0.4 is 5.32 Å². The minimum atomic E-state index is -0.832. The molecule has 1 aromatic carbocycles. The molecule has 122 valence electrons. The molecule has 0 aliphatic carbocycles. The van der Waals surface area contributed by atoms with E-state index in [9.17, 15) is 4.79 Å². The number of nitrogens with one attached hydrogen (secondary N) is 1. The lowest BCUT2D eigenvalue weighted by atomic mass is 10.1. The SMILES string of the molecule is O=C(O)C1CCC(CCCNCCCc2cccc(Cl)c2)O1. The lowest BCUT2D eigenvalue weighted by Crippen LogP contribution is -2.22. The van der Waals surface area contributed by atoms with Gasteiger partial charge < -0.3 is 15.2 Å². The van der Waals surface area contributed by atoms with Gasteiger partial charge in [0.15, 0.2) is 6.10 Å². The zero-order valence-corrected chi connectivity index (χ0v) is 13.5. The highest BCUT2D eigenvalue weighted by Gasteiger charge is 2.29. The van der Waals surface area contributed by atoms with Crippen LogP contribution in [0.2, 0.25) is 5.02 Å². The fraction of sp³-hybridized carbons (Fsp3) is 0.588. The normalized spacial score (nSPS) is 21.1. The third-order valence-electron chi connectivity index (χ3n) is 3.97. The number of aliphatic carboxylic acids is 1. The van der Waals surface area contributed by atoms with E-state index in [1.165, 1.54) is 5.56 Å². The van der Waals surface area contributed by atoms with Crippen LogP contribution in [0.3, 0.4) is 0 Å². The fourth-order valence-corrected chi connectivity index (χ4v) is 3.00. The molecular formula is C17H24ClNO3. The average molecular weight is 326 g/mol. The zero-order chi connectivity index (χ0) is 15.8. The van der Waals surface area contributed by atoms with Gasteiger partial charge in [-0.2, -0.15) is 0 Å². The molecule has 0 bridgehead atoms. The lowest BCUT2D eigenvalue weighted by molar-refractivity contribution is -0.149. The number of carboxylic acid groups (broad SMARTS) is 1. The third-order valence-corrected chi connectivity index (χ3v) is 4.21. The molecule has 2 atom stereocenters. The van der Waals surface area contributed by atoms with Crippen molar-refractivity contribution in [2.75, 3.05) is 13.1 Å². The molecule has 0 spiro atoms. The van der Waals surface area contributed by atoms with Gasteiger partial charge in [0.25, 0.3) is 0 Å². The van der Waals surface area contributed by atoms with Crippen LogP contribution in [0.5, 0.6) is 0 Å². The molecule has 5 heteroatoms. The summed E-state index contributed by atoms with van der Waals surface area (Å²) in [5, 5.41) is 13.1. The second-order valence-electron chi connectivity index (χ2n) is 5.79. The summed E-state index contributed by atoms with van der Waals surface area (Å²) >= 11 is 5.95. The van der Waals surface area contributed by atoms with Crippen molar-refractivity contribution in [1.82, 2.24) is 5.32 Å². The largest absolute Gasteiger partial charge is 0.479 e. The first kappa shape index (κ1) is 17.3. The summed E-state index contributed by atoms with van der Waals surface area (Å²) in [7, 11) is 0. The number of benzene rings is 1. The number of halogens is 1. The standard InChI is InChI=1S/C17H24ClNO3/c18-14-6-1-4-13(12-14)5-2-10-19-11-3-7-15-8-9-16(22-15)17(20)21/h1,4,6,12,15-16,19H,2-3,5,7-11H2,(H,20,21). The number of hydrogen-bond acceptors (Lipinski definition) is 3. The van der Waals surface area contributed by atoms with Gasteiger partial charge in [-0.15, -0.1) is 0 Å². The number of carbonyl (C=O) groups is 1. The van der Waals surface area contributed by atoms with Crippen molar-refractivity contribution in [3.63, 3.8) is 0 Å². The highest BCUT2D eigenvalue weighted by atomic mass is 35.5. The van der Waals surface area contributed by atoms with Crippen molar-refractivity contribution in [2.45, 2.75) is 50.7 Å². The topological polar surface area (TPSA) is 58.6 Å². The summed E-state index contributed by atoms with van der Waals surface area (Å²) in [6.07, 6.45) is 5.11. The van der Waals surface area contributed by atoms with Gasteiger partial charge in [0, 0.05) is 5.02 Å². The number of aryl methyl sites for hydroxylation is 1. The maximum absolute atomic E-state index is 10.8. The molecule has 4 nitrogen and oxygen atoms in total. The molecule has 1 saturated heterocycles. The molecule has 1 aromatic rings. The van der Waals surface area contributed by atoms with Crippen molar-refractivity contribution in [2.24, 2.45) is 0 Å². The molecule has 1 aliphatic rings. The highest BCUT2D eigenvalue weighted by molar-refractivity contribution is 6.30. The van der Waals surface area contributed by atoms with E-state index in [0.29, 0.717) is 6.42 Å². The smallest absolute Gasteiger partial charge is 0.332 e. The predicted molar refractivity (Wildman–Crippen MR) is 87.4 cm³/mol. The molecule has 2 N–H and O–H groups in total. The van der Waals surface area contributed by atoms with E-state index in [2.05, 4.69) is 11.4 Å². The fourth-order valence-electron chi connectivity index (χ4n) is 2.79. The van der Waals surface area contributed by atoms with Crippen LogP contribution in [0.15, 0.2) is 24.3 Å². The van der Waals surface area contributed by atoms with Crippen LogP contribution in [-0.4, -0.2) is 36.4 Å². The predicted octanol–water partition coefficient (Wildman–Crippen LogP) is 3.27. The summed E-state index contributed by atoms with van der Waals surface area (Å²) in [6, 6.07) is 7.99. The van der Waals surface area contributed by atoms with E-state index in [4.69, 9.17) is 21.4 Å². The van der Waals surface area contributed by atoms with E-state index in [1.54, 1.807) is 0 Å². The number of hydrogen-bond donors (Lipinski definition) is 2. The van der Waals surface area contributed by atoms with Crippen LogP contribution in [0.25, 0.3) is 0 Å². The van der Waals surface area contributed by atoms with Gasteiger partial charge in [0.05, 0.1) is 6.10 Å². The summed E-state index contributed by atoms with van der Waals surface area (Å²) in [6.45, 7) is 1.93. The summed E-state index contributed by atoms with van der Waals surface area (Å²) in [4.78, 5) is 10.8. The Morgan fingerprint density at radius 2 is 2.14 bits per heavy atom. The molecule has 1 aliphatic heterocycles. The van der Waals surface area contributed by atoms with E-state index in [1.807, 2.05) is 18.2 Å². The van der Waals surface area contributed by atoms with Crippen molar-refractivity contribution in [3.8, 4) is 0 Å². The van der Waals surface area contributed by atoms with Crippen LogP contribution in [0.1, 0.15) is 37.7 Å². The van der Waals surface area contributed by atoms with E-state index < -0.39 is 12.1 Å². The minimum Gasteiger partial charge on any atom is -0.479 e. The Bertz CT molecular complexity index is 481. The highest BCUT2D eigenvalue weighted by Crippen LogP contribution is 2.23. The quantitative estimate of drug-likeness (QED) is 0.684. The maximum atomic E-state index is 10.8. The Labute approximate surface area is 136 Å². The minimum absolute atomic E-state index is 0.120.